The number of aromatic nitrogens is 1. The van der Waals surface area contributed by atoms with Gasteiger partial charge >= 0.3 is 6.18 Å². The second-order valence-electron chi connectivity index (χ2n) is 6.81. The number of rotatable bonds is 5. The van der Waals surface area contributed by atoms with E-state index in [2.05, 4.69) is 31.1 Å². The van der Waals surface area contributed by atoms with Crippen LogP contribution in [0.3, 0.4) is 0 Å². The first-order valence-corrected chi connectivity index (χ1v) is 10.1. The monoisotopic (exact) mass is 407 g/mol. The first-order valence-electron chi connectivity index (χ1n) is 7.71. The maximum Gasteiger partial charge on any atom is 0.417 e. The number of benzene rings is 1. The number of halogens is 3. The minimum absolute atomic E-state index is 0.0622. The van der Waals surface area contributed by atoms with Crippen molar-refractivity contribution in [2.75, 3.05) is 11.9 Å². The number of hydrogen-bond donors (Lipinski definition) is 2. The fraction of sp³-hybridized carbons (Fsp3) is 0.438. The zero-order chi connectivity index (χ0) is 19.8. The van der Waals surface area contributed by atoms with E-state index in [1.54, 1.807) is 0 Å². The van der Waals surface area contributed by atoms with Crippen LogP contribution >= 0.6 is 11.3 Å². The number of nitrogens with two attached hydrogens (primary N) is 1. The summed E-state index contributed by atoms with van der Waals surface area (Å²) in [4.78, 5) is 3.58. The number of alkyl halides is 3. The van der Waals surface area contributed by atoms with E-state index in [4.69, 9.17) is 5.14 Å². The summed E-state index contributed by atoms with van der Waals surface area (Å²) in [5.41, 5.74) is -0.214. The van der Waals surface area contributed by atoms with Crippen molar-refractivity contribution in [1.29, 1.82) is 0 Å². The summed E-state index contributed by atoms with van der Waals surface area (Å²) in [7, 11) is -4.46. The average Bonchev–Trinajstić information content (AvgIpc) is 2.94. The summed E-state index contributed by atoms with van der Waals surface area (Å²) in [5.74, 6) is 0. The molecule has 0 saturated heterocycles. The van der Waals surface area contributed by atoms with Crippen LogP contribution in [0.25, 0.3) is 0 Å². The molecule has 1 aromatic heterocycles. The van der Waals surface area contributed by atoms with Gasteiger partial charge < -0.3 is 5.32 Å². The first-order chi connectivity index (χ1) is 11.8. The minimum atomic E-state index is -4.82. The average molecular weight is 407 g/mol. The molecule has 0 fully saturated rings. The summed E-state index contributed by atoms with van der Waals surface area (Å²) in [6.45, 7) is 6.52. The summed E-state index contributed by atoms with van der Waals surface area (Å²) in [5, 5.41) is 10.6. The normalized spacial score (nSPS) is 13.0. The van der Waals surface area contributed by atoms with Crippen molar-refractivity contribution in [2.45, 2.75) is 43.7 Å². The molecule has 0 unspecified atom stereocenters. The van der Waals surface area contributed by atoms with E-state index in [9.17, 15) is 21.6 Å². The molecule has 0 bridgehead atoms. The first kappa shape index (κ1) is 20.7. The van der Waals surface area contributed by atoms with Gasteiger partial charge in [0.15, 0.2) is 0 Å². The molecule has 0 spiro atoms. The highest BCUT2D eigenvalue weighted by atomic mass is 32.2. The Hall–Kier alpha value is -1.65. The minimum Gasteiger partial charge on any atom is -0.385 e. The lowest BCUT2D eigenvalue weighted by Gasteiger charge is -2.14. The Bertz CT molecular complexity index is 885. The van der Waals surface area contributed by atoms with Gasteiger partial charge in [-0.1, -0.05) is 20.8 Å². The van der Waals surface area contributed by atoms with Crippen molar-refractivity contribution in [1.82, 2.24) is 4.98 Å². The topological polar surface area (TPSA) is 85.1 Å². The molecule has 2 rings (SSSR count). The van der Waals surface area contributed by atoms with Crippen LogP contribution in [0, 0.1) is 0 Å². The van der Waals surface area contributed by atoms with Crippen LogP contribution in [0.15, 0.2) is 28.5 Å². The SMILES string of the molecule is CC(C)(C)c1csc(CCNc2ccc(S(N)(=O)=O)c(C(F)(F)F)c2)n1. The van der Waals surface area contributed by atoms with Gasteiger partial charge in [0.1, 0.15) is 0 Å². The number of hydrogen-bond acceptors (Lipinski definition) is 5. The molecule has 26 heavy (non-hydrogen) atoms. The number of anilines is 1. The maximum atomic E-state index is 13.1. The molecular weight excluding hydrogens is 387 g/mol. The van der Waals surface area contributed by atoms with E-state index in [-0.39, 0.29) is 11.1 Å². The molecule has 0 aliphatic heterocycles. The smallest absolute Gasteiger partial charge is 0.385 e. The Morgan fingerprint density at radius 1 is 1.23 bits per heavy atom. The number of primary sulfonamides is 1. The van der Waals surface area contributed by atoms with Crippen LogP contribution in [0.1, 0.15) is 37.0 Å². The molecule has 3 N–H and O–H groups in total. The quantitative estimate of drug-likeness (QED) is 0.790. The van der Waals surface area contributed by atoms with Crippen LogP contribution in [-0.4, -0.2) is 19.9 Å². The fourth-order valence-electron chi connectivity index (χ4n) is 2.19. The molecule has 1 heterocycles. The standard InChI is InChI=1S/C16H20F3N3O2S2/c1-15(2,3)13-9-25-14(22-13)6-7-21-10-4-5-12(26(20,23)24)11(8-10)16(17,18)19/h4-5,8-9,21H,6-7H2,1-3H3,(H2,20,23,24). The molecular formula is C16H20F3N3O2S2. The summed E-state index contributed by atoms with van der Waals surface area (Å²) >= 11 is 1.50. The van der Waals surface area contributed by atoms with Crippen LogP contribution < -0.4 is 10.5 Å². The third-order valence-electron chi connectivity index (χ3n) is 3.58. The highest BCUT2D eigenvalue weighted by Gasteiger charge is 2.36. The van der Waals surface area contributed by atoms with Crippen molar-refractivity contribution in [3.63, 3.8) is 0 Å². The second kappa shape index (κ2) is 7.16. The lowest BCUT2D eigenvalue weighted by Crippen LogP contribution is -2.19. The van der Waals surface area contributed by atoms with Crippen molar-refractivity contribution in [3.05, 3.63) is 39.8 Å². The number of nitrogens with one attached hydrogen (secondary N) is 1. The van der Waals surface area contributed by atoms with Gasteiger partial charge in [-0.05, 0) is 18.2 Å². The van der Waals surface area contributed by atoms with Gasteiger partial charge in [-0.3, -0.25) is 0 Å². The fourth-order valence-corrected chi connectivity index (χ4v) is 3.96. The second-order valence-corrected chi connectivity index (χ2v) is 9.28. The van der Waals surface area contributed by atoms with Crippen molar-refractivity contribution >= 4 is 27.0 Å². The Balaban J connectivity index is 2.12. The van der Waals surface area contributed by atoms with Crippen molar-refractivity contribution in [2.24, 2.45) is 5.14 Å². The Morgan fingerprint density at radius 3 is 2.38 bits per heavy atom. The van der Waals surface area contributed by atoms with E-state index >= 15 is 0 Å². The van der Waals surface area contributed by atoms with Crippen LogP contribution in [0.5, 0.6) is 0 Å². The summed E-state index contributed by atoms with van der Waals surface area (Å²) in [6.07, 6.45) is -4.28. The molecule has 0 saturated carbocycles. The lowest BCUT2D eigenvalue weighted by molar-refractivity contribution is -0.139. The molecule has 0 amide bonds. The van der Waals surface area contributed by atoms with Crippen LogP contribution in [-0.2, 0) is 28.0 Å². The zero-order valence-corrected chi connectivity index (χ0v) is 16.1. The highest BCUT2D eigenvalue weighted by molar-refractivity contribution is 7.89. The molecule has 10 heteroatoms. The van der Waals surface area contributed by atoms with Gasteiger partial charge in [0.05, 0.1) is 21.2 Å². The van der Waals surface area contributed by atoms with E-state index in [0.717, 1.165) is 22.8 Å². The van der Waals surface area contributed by atoms with E-state index < -0.39 is 26.7 Å². The molecule has 0 radical (unpaired) electrons. The third kappa shape index (κ3) is 5.18. The molecule has 2 aromatic rings. The third-order valence-corrected chi connectivity index (χ3v) is 5.46. The van der Waals surface area contributed by atoms with E-state index in [0.29, 0.717) is 13.0 Å². The van der Waals surface area contributed by atoms with E-state index in [1.165, 1.54) is 17.4 Å². The van der Waals surface area contributed by atoms with Gasteiger partial charge in [0.2, 0.25) is 10.0 Å². The highest BCUT2D eigenvalue weighted by Crippen LogP contribution is 2.35. The molecule has 5 nitrogen and oxygen atoms in total. The largest absolute Gasteiger partial charge is 0.417 e. The van der Waals surface area contributed by atoms with Crippen LogP contribution in [0.4, 0.5) is 18.9 Å². The molecule has 0 atom stereocenters. The number of thiazole rings is 1. The van der Waals surface area contributed by atoms with Gasteiger partial charge in [0, 0.05) is 29.4 Å². The Labute approximate surface area is 154 Å². The molecule has 1 aromatic carbocycles. The predicted molar refractivity (Wildman–Crippen MR) is 95.8 cm³/mol. The van der Waals surface area contributed by atoms with Crippen LogP contribution in [0.2, 0.25) is 0 Å². The summed E-state index contributed by atoms with van der Waals surface area (Å²) < 4.78 is 62.0. The van der Waals surface area contributed by atoms with Gasteiger partial charge in [-0.15, -0.1) is 11.3 Å². The van der Waals surface area contributed by atoms with Gasteiger partial charge in [0.25, 0.3) is 0 Å². The van der Waals surface area contributed by atoms with Gasteiger partial charge in [-0.2, -0.15) is 13.2 Å². The predicted octanol–water partition coefficient (Wildman–Crippen LogP) is 3.76. The summed E-state index contributed by atoms with van der Waals surface area (Å²) in [6, 6.07) is 2.88. The molecule has 0 aliphatic rings. The Morgan fingerprint density at radius 2 is 1.88 bits per heavy atom. The van der Waals surface area contributed by atoms with Gasteiger partial charge in [-0.25, -0.2) is 18.5 Å². The lowest BCUT2D eigenvalue weighted by atomic mass is 9.93. The molecule has 0 aliphatic carbocycles. The maximum absolute atomic E-state index is 13.1. The zero-order valence-electron chi connectivity index (χ0n) is 14.5. The number of nitrogens with zero attached hydrogens (tertiary/aromatic N) is 1. The number of sulfonamides is 1. The Kier molecular flexibility index (Phi) is 5.69. The molecule has 144 valence electrons. The van der Waals surface area contributed by atoms with Crippen molar-refractivity contribution < 1.29 is 21.6 Å². The van der Waals surface area contributed by atoms with Crippen molar-refractivity contribution in [3.8, 4) is 0 Å². The van der Waals surface area contributed by atoms with E-state index in [1.807, 2.05) is 5.38 Å².